The molecule has 2 unspecified atom stereocenters. The van der Waals surface area contributed by atoms with Crippen molar-refractivity contribution in [1.29, 1.82) is 5.26 Å². The standard InChI is InChI=1S/C16H17ClFN3O2/c1-10-8-21(9-11(2)23-10)16(22)12(6-19)7-20-13-3-4-15(18)14(17)5-13/h3-5,7,10-11,20H,8-9H2,1-2H3/b12-7-. The number of amides is 1. The summed E-state index contributed by atoms with van der Waals surface area (Å²) in [6.45, 7) is 4.63. The second-order valence-corrected chi connectivity index (χ2v) is 5.82. The molecule has 1 amide bonds. The summed E-state index contributed by atoms with van der Waals surface area (Å²) in [6, 6.07) is 5.94. The molecule has 23 heavy (non-hydrogen) atoms. The fraction of sp³-hybridized carbons (Fsp3) is 0.375. The molecule has 7 heteroatoms. The van der Waals surface area contributed by atoms with Crippen molar-refractivity contribution in [3.8, 4) is 6.07 Å². The molecule has 0 spiro atoms. The van der Waals surface area contributed by atoms with Gasteiger partial charge in [0.2, 0.25) is 0 Å². The summed E-state index contributed by atoms with van der Waals surface area (Å²) in [5, 5.41) is 12.0. The lowest BCUT2D eigenvalue weighted by atomic mass is 10.2. The van der Waals surface area contributed by atoms with E-state index in [1.54, 1.807) is 4.90 Å². The van der Waals surface area contributed by atoms with Gasteiger partial charge < -0.3 is 15.0 Å². The number of halogens is 2. The lowest BCUT2D eigenvalue weighted by molar-refractivity contribution is -0.138. The first-order valence-corrected chi connectivity index (χ1v) is 7.55. The number of nitrogens with one attached hydrogen (secondary N) is 1. The highest BCUT2D eigenvalue weighted by Gasteiger charge is 2.27. The number of benzene rings is 1. The van der Waals surface area contributed by atoms with Gasteiger partial charge in [-0.3, -0.25) is 4.79 Å². The Bertz CT molecular complexity index is 662. The maximum Gasteiger partial charge on any atom is 0.266 e. The van der Waals surface area contributed by atoms with E-state index in [1.807, 2.05) is 19.9 Å². The van der Waals surface area contributed by atoms with E-state index in [-0.39, 0.29) is 28.7 Å². The molecule has 2 atom stereocenters. The molecule has 1 aliphatic rings. The van der Waals surface area contributed by atoms with Gasteiger partial charge in [0, 0.05) is 25.0 Å². The number of nitriles is 1. The molecule has 1 fully saturated rings. The van der Waals surface area contributed by atoms with Crippen LogP contribution in [-0.4, -0.2) is 36.1 Å². The minimum absolute atomic E-state index is 0.0354. The molecule has 1 aromatic carbocycles. The summed E-state index contributed by atoms with van der Waals surface area (Å²) in [4.78, 5) is 14.0. The normalized spacial score (nSPS) is 21.7. The van der Waals surface area contributed by atoms with Gasteiger partial charge in [-0.25, -0.2) is 4.39 Å². The van der Waals surface area contributed by atoms with Gasteiger partial charge in [-0.2, -0.15) is 5.26 Å². The molecule has 1 N–H and O–H groups in total. The highest BCUT2D eigenvalue weighted by Crippen LogP contribution is 2.20. The highest BCUT2D eigenvalue weighted by molar-refractivity contribution is 6.31. The average Bonchev–Trinajstić information content (AvgIpc) is 2.50. The quantitative estimate of drug-likeness (QED) is 0.680. The molecule has 1 aromatic rings. The van der Waals surface area contributed by atoms with Crippen LogP contribution in [0.3, 0.4) is 0 Å². The third kappa shape index (κ3) is 4.44. The number of ether oxygens (including phenoxy) is 1. The zero-order valence-corrected chi connectivity index (χ0v) is 13.6. The van der Waals surface area contributed by atoms with Gasteiger partial charge in [-0.1, -0.05) is 11.6 Å². The van der Waals surface area contributed by atoms with E-state index in [0.29, 0.717) is 18.8 Å². The minimum atomic E-state index is -0.533. The lowest BCUT2D eigenvalue weighted by Gasteiger charge is -2.35. The van der Waals surface area contributed by atoms with Crippen molar-refractivity contribution in [3.63, 3.8) is 0 Å². The molecular weight excluding hydrogens is 321 g/mol. The summed E-state index contributed by atoms with van der Waals surface area (Å²) in [7, 11) is 0. The van der Waals surface area contributed by atoms with Crippen LogP contribution in [0.1, 0.15) is 13.8 Å². The van der Waals surface area contributed by atoms with Crippen LogP contribution in [0, 0.1) is 17.1 Å². The fourth-order valence-corrected chi connectivity index (χ4v) is 2.58. The minimum Gasteiger partial charge on any atom is -0.372 e. The average molecular weight is 338 g/mol. The molecule has 0 aliphatic carbocycles. The molecule has 2 rings (SSSR count). The summed E-state index contributed by atoms with van der Waals surface area (Å²) < 4.78 is 18.7. The Morgan fingerprint density at radius 2 is 2.13 bits per heavy atom. The van der Waals surface area contributed by atoms with Gasteiger partial charge in [0.25, 0.3) is 5.91 Å². The van der Waals surface area contributed by atoms with Gasteiger partial charge in [0.15, 0.2) is 0 Å². The molecule has 0 bridgehead atoms. The highest BCUT2D eigenvalue weighted by atomic mass is 35.5. The van der Waals surface area contributed by atoms with E-state index in [4.69, 9.17) is 16.3 Å². The van der Waals surface area contributed by atoms with Crippen molar-refractivity contribution in [2.24, 2.45) is 0 Å². The first kappa shape index (κ1) is 17.3. The first-order valence-electron chi connectivity index (χ1n) is 7.17. The van der Waals surface area contributed by atoms with Crippen molar-refractivity contribution < 1.29 is 13.9 Å². The van der Waals surface area contributed by atoms with Gasteiger partial charge in [0.05, 0.1) is 17.2 Å². The van der Waals surface area contributed by atoms with E-state index in [9.17, 15) is 14.4 Å². The third-order valence-corrected chi connectivity index (χ3v) is 3.65. The van der Waals surface area contributed by atoms with Crippen LogP contribution < -0.4 is 5.32 Å². The SMILES string of the molecule is CC1CN(C(=O)/C(C#N)=C\Nc2ccc(F)c(Cl)c2)CC(C)O1. The van der Waals surface area contributed by atoms with Gasteiger partial charge >= 0.3 is 0 Å². The largest absolute Gasteiger partial charge is 0.372 e. The zero-order valence-electron chi connectivity index (χ0n) is 12.8. The Hall–Kier alpha value is -2.10. The van der Waals surface area contributed by atoms with Crippen molar-refractivity contribution >= 4 is 23.2 Å². The van der Waals surface area contributed by atoms with Crippen LogP contribution in [-0.2, 0) is 9.53 Å². The maximum absolute atomic E-state index is 13.1. The Morgan fingerprint density at radius 1 is 1.48 bits per heavy atom. The first-order chi connectivity index (χ1) is 10.9. The smallest absolute Gasteiger partial charge is 0.266 e. The van der Waals surface area contributed by atoms with Crippen molar-refractivity contribution in [3.05, 3.63) is 40.8 Å². The monoisotopic (exact) mass is 337 g/mol. The molecule has 0 radical (unpaired) electrons. The predicted octanol–water partition coefficient (Wildman–Crippen LogP) is 2.93. The number of morpholine rings is 1. The van der Waals surface area contributed by atoms with Crippen molar-refractivity contribution in [1.82, 2.24) is 4.90 Å². The number of hydrogen-bond acceptors (Lipinski definition) is 4. The van der Waals surface area contributed by atoms with Crippen molar-refractivity contribution in [2.45, 2.75) is 26.1 Å². The van der Waals surface area contributed by atoms with Crippen molar-refractivity contribution in [2.75, 3.05) is 18.4 Å². The van der Waals surface area contributed by atoms with Gasteiger partial charge in [-0.05, 0) is 32.0 Å². The molecule has 5 nitrogen and oxygen atoms in total. The van der Waals surface area contributed by atoms with Gasteiger partial charge in [0.1, 0.15) is 17.5 Å². The molecule has 122 valence electrons. The Morgan fingerprint density at radius 3 is 2.70 bits per heavy atom. The second kappa shape index (κ2) is 7.44. The number of carbonyl (C=O) groups is 1. The number of hydrogen-bond donors (Lipinski definition) is 1. The van der Waals surface area contributed by atoms with Crippen LogP contribution in [0.25, 0.3) is 0 Å². The summed E-state index contributed by atoms with van der Waals surface area (Å²) in [6.07, 6.45) is 1.15. The summed E-state index contributed by atoms with van der Waals surface area (Å²) in [5.41, 5.74) is 0.451. The third-order valence-electron chi connectivity index (χ3n) is 3.36. The number of carbonyl (C=O) groups excluding carboxylic acids is 1. The van der Waals surface area contributed by atoms with Crippen LogP contribution in [0.5, 0.6) is 0 Å². The molecule has 1 heterocycles. The van der Waals surface area contributed by atoms with E-state index in [0.717, 1.165) is 0 Å². The van der Waals surface area contributed by atoms with Crippen LogP contribution in [0.15, 0.2) is 30.0 Å². The Labute approximate surface area is 139 Å². The predicted molar refractivity (Wildman–Crippen MR) is 85.3 cm³/mol. The molecule has 1 aliphatic heterocycles. The number of rotatable bonds is 3. The molecule has 1 saturated heterocycles. The van der Waals surface area contributed by atoms with Gasteiger partial charge in [-0.15, -0.1) is 0 Å². The zero-order chi connectivity index (χ0) is 17.0. The fourth-order valence-electron chi connectivity index (χ4n) is 2.40. The van der Waals surface area contributed by atoms with E-state index >= 15 is 0 Å². The Balaban J connectivity index is 2.10. The van der Waals surface area contributed by atoms with E-state index in [1.165, 1.54) is 24.4 Å². The molecular formula is C16H17ClFN3O2. The summed E-state index contributed by atoms with van der Waals surface area (Å²) in [5.74, 6) is -0.899. The van der Waals surface area contributed by atoms with E-state index < -0.39 is 5.82 Å². The van der Waals surface area contributed by atoms with E-state index in [2.05, 4.69) is 5.32 Å². The number of anilines is 1. The lowest BCUT2D eigenvalue weighted by Crippen LogP contribution is -2.48. The second-order valence-electron chi connectivity index (χ2n) is 5.41. The number of nitrogens with zero attached hydrogens (tertiary/aromatic N) is 2. The van der Waals surface area contributed by atoms with Crippen LogP contribution in [0.2, 0.25) is 5.02 Å². The molecule has 0 saturated carbocycles. The summed E-state index contributed by atoms with van der Waals surface area (Å²) >= 11 is 5.69. The van der Waals surface area contributed by atoms with Crippen LogP contribution in [0.4, 0.5) is 10.1 Å². The topological polar surface area (TPSA) is 65.4 Å². The molecule has 0 aromatic heterocycles. The maximum atomic E-state index is 13.1. The van der Waals surface area contributed by atoms with Crippen LogP contribution >= 0.6 is 11.6 Å². The Kier molecular flexibility index (Phi) is 5.59.